The Labute approximate surface area is 78.5 Å². The maximum atomic E-state index is 11.3. The molecule has 4 nitrogen and oxygen atoms in total. The Hall–Kier alpha value is -0.610. The maximum absolute atomic E-state index is 11.3. The van der Waals surface area contributed by atoms with Gasteiger partial charge in [0, 0.05) is 6.54 Å². The van der Waals surface area contributed by atoms with Crippen molar-refractivity contribution in [2.24, 2.45) is 5.73 Å². The van der Waals surface area contributed by atoms with Crippen molar-refractivity contribution in [2.75, 3.05) is 6.54 Å². The van der Waals surface area contributed by atoms with Crippen LogP contribution in [0.2, 0.25) is 0 Å². The van der Waals surface area contributed by atoms with E-state index in [1.54, 1.807) is 6.92 Å². The van der Waals surface area contributed by atoms with E-state index in [1.165, 1.54) is 0 Å². The molecule has 0 spiro atoms. The second kappa shape index (κ2) is 3.27. The average Bonchev–Trinajstić information content (AvgIpc) is 2.81. The molecule has 0 saturated heterocycles. The van der Waals surface area contributed by atoms with E-state index in [0.29, 0.717) is 6.42 Å². The summed E-state index contributed by atoms with van der Waals surface area (Å²) in [5.41, 5.74) is 4.21. The van der Waals surface area contributed by atoms with E-state index < -0.39 is 11.1 Å². The van der Waals surface area contributed by atoms with Gasteiger partial charge in [-0.25, -0.2) is 0 Å². The van der Waals surface area contributed by atoms with Crippen LogP contribution in [0.1, 0.15) is 33.1 Å². The summed E-state index contributed by atoms with van der Waals surface area (Å²) in [4.78, 5) is 11.3. The summed E-state index contributed by atoms with van der Waals surface area (Å²) >= 11 is 0. The van der Waals surface area contributed by atoms with Crippen LogP contribution < -0.4 is 11.1 Å². The molecule has 76 valence electrons. The van der Waals surface area contributed by atoms with Gasteiger partial charge in [0.25, 0.3) is 0 Å². The van der Waals surface area contributed by atoms with Gasteiger partial charge >= 0.3 is 0 Å². The van der Waals surface area contributed by atoms with Crippen LogP contribution in [0.4, 0.5) is 0 Å². The summed E-state index contributed by atoms with van der Waals surface area (Å²) in [5.74, 6) is -0.138. The number of amides is 1. The largest absolute Gasteiger partial charge is 0.388 e. The summed E-state index contributed by atoms with van der Waals surface area (Å²) in [6, 6.07) is 0. The molecule has 4 heteroatoms. The van der Waals surface area contributed by atoms with Gasteiger partial charge in [0.15, 0.2) is 0 Å². The van der Waals surface area contributed by atoms with Crippen LogP contribution in [0.5, 0.6) is 0 Å². The number of carbonyl (C=O) groups is 1. The van der Waals surface area contributed by atoms with Crippen molar-refractivity contribution in [3.05, 3.63) is 0 Å². The molecule has 4 N–H and O–H groups in total. The van der Waals surface area contributed by atoms with Gasteiger partial charge in [0.1, 0.15) is 0 Å². The molecule has 1 saturated carbocycles. The Bertz CT molecular complexity index is 210. The zero-order valence-corrected chi connectivity index (χ0v) is 8.26. The van der Waals surface area contributed by atoms with Gasteiger partial charge in [0.2, 0.25) is 5.91 Å². The van der Waals surface area contributed by atoms with E-state index in [4.69, 9.17) is 5.73 Å². The number of nitrogens with two attached hydrogens (primary N) is 1. The van der Waals surface area contributed by atoms with Gasteiger partial charge in [-0.05, 0) is 26.2 Å². The number of nitrogens with one attached hydrogen (secondary N) is 1. The first kappa shape index (κ1) is 10.5. The van der Waals surface area contributed by atoms with Crippen molar-refractivity contribution >= 4 is 5.91 Å². The first-order valence-corrected chi connectivity index (χ1v) is 4.69. The number of rotatable bonds is 4. The first-order valence-electron chi connectivity index (χ1n) is 4.69. The molecular formula is C9H18N2O2. The fourth-order valence-electron chi connectivity index (χ4n) is 0.933. The summed E-state index contributed by atoms with van der Waals surface area (Å²) in [6.07, 6.45) is 2.13. The third kappa shape index (κ3) is 2.67. The predicted octanol–water partition coefficient (Wildman–Crippen LogP) is -0.245. The second-order valence-corrected chi connectivity index (χ2v) is 4.19. The molecule has 1 aliphatic carbocycles. The molecule has 0 aromatic heterocycles. The lowest BCUT2D eigenvalue weighted by atomic mass is 10.0. The first-order chi connectivity index (χ1) is 5.90. The lowest BCUT2D eigenvalue weighted by Gasteiger charge is -2.22. The molecule has 0 radical (unpaired) electrons. The lowest BCUT2D eigenvalue weighted by molar-refractivity contribution is -0.124. The SMILES string of the molecule is CCC(C)(O)CNC(=O)C1(N)CC1. The van der Waals surface area contributed by atoms with Crippen LogP contribution in [-0.4, -0.2) is 28.7 Å². The van der Waals surface area contributed by atoms with Crippen LogP contribution in [0.25, 0.3) is 0 Å². The third-order valence-electron chi connectivity index (χ3n) is 2.63. The highest BCUT2D eigenvalue weighted by Gasteiger charge is 2.46. The minimum Gasteiger partial charge on any atom is -0.388 e. The van der Waals surface area contributed by atoms with Crippen LogP contribution in [0.15, 0.2) is 0 Å². The Morgan fingerprint density at radius 3 is 2.62 bits per heavy atom. The zero-order valence-electron chi connectivity index (χ0n) is 8.26. The highest BCUT2D eigenvalue weighted by atomic mass is 16.3. The van der Waals surface area contributed by atoms with Crippen molar-refractivity contribution in [1.82, 2.24) is 5.32 Å². The minimum absolute atomic E-state index is 0.138. The molecule has 1 fully saturated rings. The predicted molar refractivity (Wildman–Crippen MR) is 50.1 cm³/mol. The highest BCUT2D eigenvalue weighted by molar-refractivity contribution is 5.88. The van der Waals surface area contributed by atoms with E-state index in [9.17, 15) is 9.90 Å². The van der Waals surface area contributed by atoms with Crippen molar-refractivity contribution < 1.29 is 9.90 Å². The molecule has 1 rings (SSSR count). The quantitative estimate of drug-likeness (QED) is 0.567. The van der Waals surface area contributed by atoms with Gasteiger partial charge in [-0.2, -0.15) is 0 Å². The Balaban J connectivity index is 2.30. The van der Waals surface area contributed by atoms with Gasteiger partial charge in [-0.15, -0.1) is 0 Å². The summed E-state index contributed by atoms with van der Waals surface area (Å²) in [5, 5.41) is 12.3. The Morgan fingerprint density at radius 2 is 2.23 bits per heavy atom. The van der Waals surface area contributed by atoms with E-state index >= 15 is 0 Å². The monoisotopic (exact) mass is 186 g/mol. The van der Waals surface area contributed by atoms with Crippen LogP contribution in [0.3, 0.4) is 0 Å². The third-order valence-corrected chi connectivity index (χ3v) is 2.63. The normalized spacial score (nSPS) is 23.4. The number of hydrogen-bond donors (Lipinski definition) is 3. The number of aliphatic hydroxyl groups is 1. The van der Waals surface area contributed by atoms with Gasteiger partial charge in [0.05, 0.1) is 11.1 Å². The number of hydrogen-bond acceptors (Lipinski definition) is 3. The maximum Gasteiger partial charge on any atom is 0.240 e. The highest BCUT2D eigenvalue weighted by Crippen LogP contribution is 2.32. The standard InChI is InChI=1S/C9H18N2O2/c1-3-8(2,13)6-11-7(12)9(10)4-5-9/h13H,3-6,10H2,1-2H3,(H,11,12). The molecule has 13 heavy (non-hydrogen) atoms. The molecule has 0 heterocycles. The average molecular weight is 186 g/mol. The summed E-state index contributed by atoms with van der Waals surface area (Å²) in [7, 11) is 0. The van der Waals surface area contributed by atoms with Crippen LogP contribution >= 0.6 is 0 Å². The summed E-state index contributed by atoms with van der Waals surface area (Å²) < 4.78 is 0. The van der Waals surface area contributed by atoms with Crippen LogP contribution in [-0.2, 0) is 4.79 Å². The zero-order chi connectivity index (χ0) is 10.1. The number of carbonyl (C=O) groups excluding carboxylic acids is 1. The van der Waals surface area contributed by atoms with Crippen LogP contribution in [0, 0.1) is 0 Å². The smallest absolute Gasteiger partial charge is 0.240 e. The van der Waals surface area contributed by atoms with E-state index in [0.717, 1.165) is 12.8 Å². The van der Waals surface area contributed by atoms with Gasteiger partial charge < -0.3 is 16.2 Å². The topological polar surface area (TPSA) is 75.3 Å². The molecule has 0 aromatic carbocycles. The van der Waals surface area contributed by atoms with E-state index in [2.05, 4.69) is 5.32 Å². The van der Waals surface area contributed by atoms with E-state index in [1.807, 2.05) is 6.92 Å². The minimum atomic E-state index is -0.819. The second-order valence-electron chi connectivity index (χ2n) is 4.19. The van der Waals surface area contributed by atoms with Gasteiger partial charge in [-0.3, -0.25) is 4.79 Å². The van der Waals surface area contributed by atoms with Crippen molar-refractivity contribution in [3.63, 3.8) is 0 Å². The lowest BCUT2D eigenvalue weighted by Crippen LogP contribution is -2.48. The van der Waals surface area contributed by atoms with Crippen molar-refractivity contribution in [2.45, 2.75) is 44.2 Å². The molecule has 0 aliphatic heterocycles. The molecular weight excluding hydrogens is 168 g/mol. The fraction of sp³-hybridized carbons (Fsp3) is 0.889. The molecule has 0 aromatic rings. The van der Waals surface area contributed by atoms with E-state index in [-0.39, 0.29) is 12.5 Å². The van der Waals surface area contributed by atoms with Crippen molar-refractivity contribution in [1.29, 1.82) is 0 Å². The molecule has 0 bridgehead atoms. The van der Waals surface area contributed by atoms with Crippen molar-refractivity contribution in [3.8, 4) is 0 Å². The fourth-order valence-corrected chi connectivity index (χ4v) is 0.933. The Kier molecular flexibility index (Phi) is 2.63. The molecule has 1 unspecified atom stereocenters. The molecule has 1 atom stereocenters. The molecule has 1 aliphatic rings. The summed E-state index contributed by atoms with van der Waals surface area (Å²) in [6.45, 7) is 3.85. The Morgan fingerprint density at radius 1 is 1.69 bits per heavy atom. The van der Waals surface area contributed by atoms with Gasteiger partial charge in [-0.1, -0.05) is 6.92 Å². The molecule has 1 amide bonds.